The molecule has 3 aliphatic heterocycles. The van der Waals surface area contributed by atoms with Gasteiger partial charge in [-0.15, -0.1) is 11.6 Å². The van der Waals surface area contributed by atoms with Crippen LogP contribution in [0, 0.1) is 5.92 Å². The van der Waals surface area contributed by atoms with E-state index < -0.39 is 4.87 Å². The topological polar surface area (TPSA) is 38.3 Å². The van der Waals surface area contributed by atoms with Crippen molar-refractivity contribution in [2.24, 2.45) is 5.92 Å². The Morgan fingerprint density at radius 1 is 1.37 bits per heavy atom. The van der Waals surface area contributed by atoms with E-state index in [4.69, 9.17) is 16.3 Å². The Morgan fingerprint density at radius 3 is 2.74 bits per heavy atom. The number of rotatable bonds is 4. The highest BCUT2D eigenvalue weighted by Gasteiger charge is 2.49. The number of halogens is 1. The predicted molar refractivity (Wildman–Crippen MR) is 74.5 cm³/mol. The lowest BCUT2D eigenvalue weighted by Crippen LogP contribution is -2.54. The third-order valence-corrected chi connectivity index (χ3v) is 4.80. The first-order valence-corrected chi connectivity index (χ1v) is 7.47. The van der Waals surface area contributed by atoms with Gasteiger partial charge in [0.2, 0.25) is 5.88 Å². The molecule has 104 valence electrons. The fourth-order valence-corrected chi connectivity index (χ4v) is 3.70. The molecule has 3 fully saturated rings. The minimum atomic E-state index is -0.423. The molecule has 3 aliphatic rings. The standard InChI is InChI=1S/C14H20ClN3O/c1-2-9-19-13-12(16-5-6-17-13)14(15)10-18-7-3-11(14)4-8-18/h5-6,11H,2-4,7-10H2,1H3. The van der Waals surface area contributed by atoms with Crippen LogP contribution in [0.4, 0.5) is 0 Å². The third-order valence-electron chi connectivity index (χ3n) is 4.19. The number of fused-ring (bicyclic) bond motifs is 3. The Kier molecular flexibility index (Phi) is 3.63. The van der Waals surface area contributed by atoms with E-state index in [2.05, 4.69) is 21.8 Å². The van der Waals surface area contributed by atoms with Crippen LogP contribution in [0.2, 0.25) is 0 Å². The van der Waals surface area contributed by atoms with E-state index in [1.807, 2.05) is 0 Å². The number of ether oxygens (including phenoxy) is 1. The fourth-order valence-electron chi connectivity index (χ4n) is 3.19. The largest absolute Gasteiger partial charge is 0.476 e. The Balaban J connectivity index is 1.92. The minimum absolute atomic E-state index is 0.423. The van der Waals surface area contributed by atoms with Gasteiger partial charge >= 0.3 is 0 Å². The van der Waals surface area contributed by atoms with E-state index in [1.165, 1.54) is 0 Å². The van der Waals surface area contributed by atoms with Crippen molar-refractivity contribution in [3.05, 3.63) is 18.1 Å². The van der Waals surface area contributed by atoms with Crippen molar-refractivity contribution in [1.29, 1.82) is 0 Å². The lowest BCUT2D eigenvalue weighted by molar-refractivity contribution is 0.0625. The van der Waals surface area contributed by atoms with Crippen LogP contribution in [0.1, 0.15) is 31.9 Å². The minimum Gasteiger partial charge on any atom is -0.476 e. The normalized spacial score (nSPS) is 33.4. The maximum Gasteiger partial charge on any atom is 0.237 e. The molecule has 1 atom stereocenters. The molecule has 4 nitrogen and oxygen atoms in total. The smallest absolute Gasteiger partial charge is 0.237 e. The summed E-state index contributed by atoms with van der Waals surface area (Å²) in [7, 11) is 0. The van der Waals surface area contributed by atoms with Gasteiger partial charge in [0.15, 0.2) is 0 Å². The van der Waals surface area contributed by atoms with Gasteiger partial charge in [-0.2, -0.15) is 0 Å². The van der Waals surface area contributed by atoms with Gasteiger partial charge in [0.05, 0.1) is 6.61 Å². The number of hydrogen-bond acceptors (Lipinski definition) is 4. The maximum atomic E-state index is 6.96. The molecule has 2 bridgehead atoms. The van der Waals surface area contributed by atoms with E-state index in [0.717, 1.165) is 44.6 Å². The van der Waals surface area contributed by atoms with Gasteiger partial charge in [-0.05, 0) is 38.3 Å². The van der Waals surface area contributed by atoms with E-state index in [9.17, 15) is 0 Å². The summed E-state index contributed by atoms with van der Waals surface area (Å²) in [6.07, 6.45) is 6.65. The quantitative estimate of drug-likeness (QED) is 0.795. The molecule has 1 unspecified atom stereocenters. The molecule has 0 amide bonds. The Hall–Kier alpha value is -0.870. The first kappa shape index (κ1) is 13.1. The summed E-state index contributed by atoms with van der Waals surface area (Å²) in [6, 6.07) is 0. The molecule has 0 spiro atoms. The molecule has 0 saturated carbocycles. The van der Waals surface area contributed by atoms with Crippen LogP contribution in [-0.4, -0.2) is 41.1 Å². The molecule has 0 aromatic carbocycles. The van der Waals surface area contributed by atoms with Crippen LogP contribution in [0.25, 0.3) is 0 Å². The van der Waals surface area contributed by atoms with Crippen LogP contribution >= 0.6 is 11.6 Å². The summed E-state index contributed by atoms with van der Waals surface area (Å²) in [5.41, 5.74) is 0.833. The number of piperidine rings is 3. The second-order valence-electron chi connectivity index (χ2n) is 5.47. The highest BCUT2D eigenvalue weighted by molar-refractivity contribution is 6.24. The second kappa shape index (κ2) is 5.25. The molecule has 4 rings (SSSR count). The summed E-state index contributed by atoms with van der Waals surface area (Å²) in [5, 5.41) is 0. The summed E-state index contributed by atoms with van der Waals surface area (Å²) < 4.78 is 5.74. The van der Waals surface area contributed by atoms with Crippen LogP contribution in [-0.2, 0) is 4.87 Å². The molecule has 19 heavy (non-hydrogen) atoms. The van der Waals surface area contributed by atoms with E-state index in [0.29, 0.717) is 18.4 Å². The van der Waals surface area contributed by atoms with Crippen LogP contribution < -0.4 is 4.74 Å². The SMILES string of the molecule is CCCOc1nccnc1C1(Cl)CN2CCC1CC2. The first-order valence-electron chi connectivity index (χ1n) is 7.09. The molecular formula is C14H20ClN3O. The lowest BCUT2D eigenvalue weighted by Gasteiger charge is -2.49. The number of alkyl halides is 1. The van der Waals surface area contributed by atoms with E-state index >= 15 is 0 Å². The Labute approximate surface area is 119 Å². The van der Waals surface area contributed by atoms with Crippen molar-refractivity contribution in [1.82, 2.24) is 14.9 Å². The summed E-state index contributed by atoms with van der Waals surface area (Å²) in [5.74, 6) is 1.10. The molecule has 0 N–H and O–H groups in total. The van der Waals surface area contributed by atoms with Gasteiger partial charge in [0, 0.05) is 18.9 Å². The van der Waals surface area contributed by atoms with Gasteiger partial charge in [0.25, 0.3) is 0 Å². The fraction of sp³-hybridized carbons (Fsp3) is 0.714. The third kappa shape index (κ3) is 2.32. The first-order chi connectivity index (χ1) is 9.24. The average molecular weight is 282 g/mol. The zero-order valence-electron chi connectivity index (χ0n) is 11.3. The van der Waals surface area contributed by atoms with Gasteiger partial charge < -0.3 is 9.64 Å². The zero-order chi connectivity index (χ0) is 13.3. The summed E-state index contributed by atoms with van der Waals surface area (Å²) >= 11 is 6.96. The Bertz CT molecular complexity index is 448. The molecule has 0 radical (unpaired) electrons. The molecule has 0 aliphatic carbocycles. The van der Waals surface area contributed by atoms with Crippen molar-refractivity contribution < 1.29 is 4.74 Å². The molecule has 5 heteroatoms. The highest BCUT2D eigenvalue weighted by Crippen LogP contribution is 2.48. The monoisotopic (exact) mass is 281 g/mol. The van der Waals surface area contributed by atoms with Crippen LogP contribution in [0.5, 0.6) is 5.88 Å². The predicted octanol–water partition coefficient (Wildman–Crippen LogP) is 2.43. The maximum absolute atomic E-state index is 6.96. The molecule has 1 aromatic heterocycles. The number of hydrogen-bond donors (Lipinski definition) is 0. The van der Waals surface area contributed by atoms with E-state index in [-0.39, 0.29) is 0 Å². The van der Waals surface area contributed by atoms with Crippen molar-refractivity contribution in [3.8, 4) is 5.88 Å². The van der Waals surface area contributed by atoms with Crippen LogP contribution in [0.15, 0.2) is 12.4 Å². The van der Waals surface area contributed by atoms with Crippen molar-refractivity contribution >= 4 is 11.6 Å². The van der Waals surface area contributed by atoms with Gasteiger partial charge in [0.1, 0.15) is 10.6 Å². The average Bonchev–Trinajstić information content (AvgIpc) is 2.46. The number of aromatic nitrogens is 2. The van der Waals surface area contributed by atoms with Gasteiger partial charge in [-0.25, -0.2) is 4.98 Å². The second-order valence-corrected chi connectivity index (χ2v) is 6.15. The highest BCUT2D eigenvalue weighted by atomic mass is 35.5. The molecule has 1 aromatic rings. The molecule has 4 heterocycles. The van der Waals surface area contributed by atoms with Gasteiger partial charge in [-0.1, -0.05) is 6.92 Å². The number of nitrogens with zero attached hydrogens (tertiary/aromatic N) is 3. The van der Waals surface area contributed by atoms with Gasteiger partial charge in [-0.3, -0.25) is 4.98 Å². The lowest BCUT2D eigenvalue weighted by atomic mass is 9.76. The van der Waals surface area contributed by atoms with E-state index in [1.54, 1.807) is 12.4 Å². The Morgan fingerprint density at radius 2 is 2.11 bits per heavy atom. The molecular weight excluding hydrogens is 262 g/mol. The summed E-state index contributed by atoms with van der Waals surface area (Å²) in [6.45, 7) is 5.92. The summed E-state index contributed by atoms with van der Waals surface area (Å²) in [4.78, 5) is 10.8. The van der Waals surface area contributed by atoms with Crippen molar-refractivity contribution in [2.45, 2.75) is 31.1 Å². The van der Waals surface area contributed by atoms with Crippen LogP contribution in [0.3, 0.4) is 0 Å². The van der Waals surface area contributed by atoms with Crippen molar-refractivity contribution in [3.63, 3.8) is 0 Å². The zero-order valence-corrected chi connectivity index (χ0v) is 12.1. The van der Waals surface area contributed by atoms with Crippen molar-refractivity contribution in [2.75, 3.05) is 26.2 Å². The molecule has 3 saturated heterocycles.